The molecule has 0 spiro atoms. The lowest BCUT2D eigenvalue weighted by molar-refractivity contribution is 0.0764. The van der Waals surface area contributed by atoms with Crippen LogP contribution in [0, 0.1) is 12.8 Å². The molecule has 30 nitrogen and oxygen atoms in total. The maximum absolute atomic E-state index is 13.0. The standard InChI is InChI=1S/C25H26N4O3S.C24H24N4O4S.C23H22N4O4S.C22H19N5O2S/c1-15-8-10-29(13-15)25(31)22-12-19-23(33-22)21(7-9-26-19)32-16-5-6-17-18(24(30)27(2)3)14-28(4)20(17)11-16;1-26(2)23(30)17-13-27(3)19-10-15(4-5-16(17)19)32-20-6-8-25-18-11-21(33-22(18)20)24(31)28-9-7-14(29)12-28;1-12-20(22(29)24-2)15-4-3-14(9-16(15)26-12)31-18-5-7-25-17-10-19(32-21(17)18)23(30)27-8-6-13(28)11-27;1-23-22(28)15-12-27(3)17-10-13(4-5-14(15)17)29-18-6-7-24-16-11-19(30-20(16)18)21-25-8-9-26(21)2/h5-7,9,11-12,14-15H,8,10,13H2,1-4H3;4-6,8,10-11,13-14,29H,7,9,12H2,1-3H3;3-5,7,9-10,13,26,28H,6,8,11H2,1-2H3,(H,24,29);4-12H,1-3H3,(H,23,28)/t15-;14-;13-;/m111./s1. The van der Waals surface area contributed by atoms with E-state index in [1.54, 1.807) is 128 Å². The number of carbonyl (C=O) groups excluding carboxylic acids is 7. The molecule has 16 heterocycles. The summed E-state index contributed by atoms with van der Waals surface area (Å²) in [4.78, 5) is 125. The second-order valence-electron chi connectivity index (χ2n) is 32.2. The van der Waals surface area contributed by atoms with Crippen molar-refractivity contribution in [2.75, 3.05) is 81.6 Å². The Morgan fingerprint density at radius 1 is 0.438 bits per heavy atom. The fourth-order valence-corrected chi connectivity index (χ4v) is 20.4. The highest BCUT2D eigenvalue weighted by Gasteiger charge is 2.32. The van der Waals surface area contributed by atoms with Crippen LogP contribution in [0.1, 0.15) is 102 Å². The molecule has 3 atom stereocenters. The maximum Gasteiger partial charge on any atom is 0.264 e. The SMILES string of the molecule is CN(C)C(=O)c1cn(C)c2cc(Oc3ccnc4cc(C(=O)N5CC[C@@H](O)C5)sc34)ccc12.CNC(=O)c1c(C)[nH]c2cc(Oc3ccnc4cc(C(=O)N5CC[C@@H](O)C5)sc34)ccc12.CNC(=O)c1cn(C)c2cc(Oc3ccnc4cc(-c5nccn5C)sc34)ccc12.C[C@@H]1CCN(C(=O)c2cc3nccc(Oc4ccc5c(C(=O)N(C)C)cn(C)c5c4)c3s2)C1. The number of hydrogen-bond acceptors (Lipinski definition) is 22. The molecular formula is C94H91N17O13S4. The number of β-amino-alcohol motifs (C(OH)–C–C–N with tert-alkyl or cyclic N) is 2. The van der Waals surface area contributed by atoms with Gasteiger partial charge in [-0.25, -0.2) is 4.98 Å². The fourth-order valence-electron chi connectivity index (χ4n) is 16.2. The fraction of sp³-hybridized carbons (Fsp3) is 0.255. The van der Waals surface area contributed by atoms with Crippen molar-refractivity contribution >= 4 is 171 Å². The lowest BCUT2D eigenvalue weighted by Crippen LogP contribution is -2.28. The summed E-state index contributed by atoms with van der Waals surface area (Å²) in [7, 11) is 17.9. The summed E-state index contributed by atoms with van der Waals surface area (Å²) >= 11 is 5.70. The van der Waals surface area contributed by atoms with E-state index in [2.05, 4.69) is 47.5 Å². The Hall–Kier alpha value is -13.9. The first-order chi connectivity index (χ1) is 61.6. The predicted octanol–water partition coefficient (Wildman–Crippen LogP) is 16.0. The lowest BCUT2D eigenvalue weighted by Gasteiger charge is -2.14. The van der Waals surface area contributed by atoms with E-state index in [-0.39, 0.29) is 41.4 Å². The molecule has 13 aromatic heterocycles. The second-order valence-corrected chi connectivity index (χ2v) is 36.4. The van der Waals surface area contributed by atoms with Gasteiger partial charge in [0.25, 0.3) is 41.4 Å². The molecule has 3 saturated heterocycles. The number of aryl methyl sites for hydroxylation is 5. The quantitative estimate of drug-likeness (QED) is 0.0600. The monoisotopic (exact) mass is 1790 g/mol. The number of hydrogen-bond donors (Lipinski definition) is 5. The van der Waals surface area contributed by atoms with E-state index >= 15 is 0 Å². The number of aromatic amines is 1. The van der Waals surface area contributed by atoms with E-state index < -0.39 is 12.2 Å². The van der Waals surface area contributed by atoms with Crippen molar-refractivity contribution in [3.05, 3.63) is 220 Å². The van der Waals surface area contributed by atoms with Gasteiger partial charge in [0.15, 0.2) is 0 Å². The minimum Gasteiger partial charge on any atom is -0.456 e. The highest BCUT2D eigenvalue weighted by molar-refractivity contribution is 7.23. The predicted molar refractivity (Wildman–Crippen MR) is 498 cm³/mol. The average molecular weight is 1800 g/mol. The van der Waals surface area contributed by atoms with Crippen LogP contribution < -0.4 is 29.6 Å². The number of ether oxygens (including phenoxy) is 4. The number of thiophene rings is 4. The van der Waals surface area contributed by atoms with E-state index in [1.165, 1.54) is 34.0 Å². The van der Waals surface area contributed by atoms with Crippen molar-refractivity contribution in [3.63, 3.8) is 0 Å². The summed E-state index contributed by atoms with van der Waals surface area (Å²) < 4.78 is 36.0. The molecular weight excluding hydrogens is 1700 g/mol. The zero-order valence-corrected chi connectivity index (χ0v) is 75.4. The first kappa shape index (κ1) is 86.2. The van der Waals surface area contributed by atoms with Crippen molar-refractivity contribution in [1.82, 2.24) is 83.3 Å². The summed E-state index contributed by atoms with van der Waals surface area (Å²) in [6.07, 6.45) is 17.3. The van der Waals surface area contributed by atoms with E-state index in [4.69, 9.17) is 18.9 Å². The number of amides is 7. The maximum atomic E-state index is 13.0. The van der Waals surface area contributed by atoms with E-state index in [0.717, 1.165) is 115 Å². The van der Waals surface area contributed by atoms with Gasteiger partial charge in [0.2, 0.25) is 0 Å². The smallest absolute Gasteiger partial charge is 0.264 e. The Balaban J connectivity index is 0.000000120. The van der Waals surface area contributed by atoms with Gasteiger partial charge in [-0.1, -0.05) is 6.92 Å². The number of imidazole rings is 1. The van der Waals surface area contributed by atoms with Crippen LogP contribution in [0.25, 0.3) is 95.2 Å². The van der Waals surface area contributed by atoms with E-state index in [0.29, 0.717) is 133 Å². The molecule has 0 unspecified atom stereocenters. The third kappa shape index (κ3) is 17.3. The van der Waals surface area contributed by atoms with Crippen LogP contribution in [-0.2, 0) is 28.2 Å². The molecule has 654 valence electrons. The van der Waals surface area contributed by atoms with Gasteiger partial charge in [0.05, 0.1) is 117 Å². The first-order valence-electron chi connectivity index (χ1n) is 41.4. The molecule has 3 fully saturated rings. The number of H-pyrrole nitrogens is 1. The molecule has 7 amide bonds. The van der Waals surface area contributed by atoms with E-state index in [1.807, 2.05) is 180 Å². The van der Waals surface area contributed by atoms with Crippen molar-refractivity contribution in [3.8, 4) is 56.7 Å². The van der Waals surface area contributed by atoms with Crippen LogP contribution in [0.3, 0.4) is 0 Å². The van der Waals surface area contributed by atoms with Gasteiger partial charge < -0.3 is 87.5 Å². The number of benzene rings is 4. The number of rotatable bonds is 16. The summed E-state index contributed by atoms with van der Waals surface area (Å²) in [5.41, 5.74) is 9.89. The van der Waals surface area contributed by atoms with Gasteiger partial charge in [0, 0.05) is 241 Å². The van der Waals surface area contributed by atoms with Crippen LogP contribution in [-0.4, -0.2) is 218 Å². The highest BCUT2D eigenvalue weighted by atomic mass is 32.1. The molecule has 0 saturated carbocycles. The van der Waals surface area contributed by atoms with Gasteiger partial charge in [0.1, 0.15) is 51.8 Å². The minimum atomic E-state index is -0.458. The number of fused-ring (bicyclic) bond motifs is 8. The van der Waals surface area contributed by atoms with Gasteiger partial charge >= 0.3 is 0 Å². The van der Waals surface area contributed by atoms with Crippen molar-refractivity contribution < 1.29 is 62.7 Å². The molecule has 128 heavy (non-hydrogen) atoms. The molecule has 5 N–H and O–H groups in total. The largest absolute Gasteiger partial charge is 0.456 e. The number of nitrogens with one attached hydrogen (secondary N) is 3. The average Bonchev–Trinajstić information content (AvgIpc) is 1.63. The van der Waals surface area contributed by atoms with Gasteiger partial charge in [-0.05, 0) is 105 Å². The van der Waals surface area contributed by atoms with Crippen LogP contribution in [0.15, 0.2) is 177 Å². The summed E-state index contributed by atoms with van der Waals surface area (Å²) in [5, 5.41) is 28.3. The Kier molecular flexibility index (Phi) is 24.2. The van der Waals surface area contributed by atoms with Crippen LogP contribution in [0.5, 0.6) is 46.0 Å². The Labute approximate surface area is 749 Å². The Morgan fingerprint density at radius 3 is 1.19 bits per heavy atom. The second kappa shape index (κ2) is 35.9. The molecule has 3 aliphatic rings. The molecule has 0 bridgehead atoms. The van der Waals surface area contributed by atoms with E-state index in [9.17, 15) is 43.8 Å². The number of aliphatic hydroxyl groups is 2. The summed E-state index contributed by atoms with van der Waals surface area (Å²) in [6.45, 7) is 7.48. The molecule has 34 heteroatoms. The Bertz CT molecular complexity index is 7030. The molecule has 17 aromatic rings. The number of nitrogens with zero attached hydrogens (tertiary/aromatic N) is 14. The number of aliphatic hydroxyl groups excluding tert-OH is 2. The first-order valence-corrected chi connectivity index (χ1v) is 44.6. The summed E-state index contributed by atoms with van der Waals surface area (Å²) in [6, 6.07) is 37.3. The van der Waals surface area contributed by atoms with Gasteiger partial charge in [-0.15, -0.1) is 45.3 Å². The van der Waals surface area contributed by atoms with Crippen LogP contribution in [0.2, 0.25) is 0 Å². The van der Waals surface area contributed by atoms with Gasteiger partial charge in [-0.2, -0.15) is 0 Å². The molecule has 0 aliphatic carbocycles. The Morgan fingerprint density at radius 2 is 0.812 bits per heavy atom. The number of aromatic nitrogens is 10. The van der Waals surface area contributed by atoms with Crippen LogP contribution in [0.4, 0.5) is 0 Å². The highest BCUT2D eigenvalue weighted by Crippen LogP contribution is 2.44. The van der Waals surface area contributed by atoms with Gasteiger partial charge in [-0.3, -0.25) is 53.5 Å². The topological polar surface area (TPSA) is 337 Å². The normalized spacial score (nSPS) is 14.9. The van der Waals surface area contributed by atoms with Crippen molar-refractivity contribution in [1.29, 1.82) is 0 Å². The molecule has 0 radical (unpaired) electrons. The zero-order valence-electron chi connectivity index (χ0n) is 72.1. The number of pyridine rings is 4. The number of likely N-dealkylation sites (tertiary alicyclic amines) is 3. The van der Waals surface area contributed by atoms with Crippen LogP contribution >= 0.6 is 45.3 Å². The third-order valence-corrected chi connectivity index (χ3v) is 27.3. The van der Waals surface area contributed by atoms with Crippen molar-refractivity contribution in [2.45, 2.75) is 45.3 Å². The summed E-state index contributed by atoms with van der Waals surface area (Å²) in [5.74, 6) is 6.22. The number of carbonyl (C=O) groups is 7. The molecule has 4 aromatic carbocycles. The molecule has 3 aliphatic heterocycles. The molecule has 20 rings (SSSR count). The van der Waals surface area contributed by atoms with Crippen molar-refractivity contribution in [2.24, 2.45) is 34.1 Å². The lowest BCUT2D eigenvalue weighted by atomic mass is 10.1. The minimum absolute atomic E-state index is 0.0340. The third-order valence-electron chi connectivity index (χ3n) is 22.7. The zero-order chi connectivity index (χ0) is 89.8.